The fraction of sp³-hybridized carbons (Fsp3) is 0.640. The molecule has 0 spiro atoms. The van der Waals surface area contributed by atoms with E-state index in [2.05, 4.69) is 31.0 Å². The summed E-state index contributed by atoms with van der Waals surface area (Å²) in [6, 6.07) is 7.42. The minimum absolute atomic E-state index is 0.0703. The highest BCUT2D eigenvalue weighted by atomic mass is 16.4. The van der Waals surface area contributed by atoms with Crippen molar-refractivity contribution >= 4 is 23.5 Å². The Balaban J connectivity index is 1.39. The maximum atomic E-state index is 13.2. The average Bonchev–Trinajstić information content (AvgIpc) is 2.96. The predicted octanol–water partition coefficient (Wildman–Crippen LogP) is 4.56. The van der Waals surface area contributed by atoms with Crippen molar-refractivity contribution in [3.8, 4) is 0 Å². The molecule has 1 aromatic rings. The van der Waals surface area contributed by atoms with Crippen molar-refractivity contribution in [1.82, 2.24) is 4.90 Å². The summed E-state index contributed by atoms with van der Waals surface area (Å²) in [5, 5.41) is 12.1. The Hall–Kier alpha value is -2.37. The van der Waals surface area contributed by atoms with Crippen LogP contribution in [0.3, 0.4) is 0 Å². The SMILES string of the molecule is CC1(C)CC2CC(C)(CN2C(=O)c2ccc(NC(=O)C3CCCC(C(=O)O)C3)cc2)C1. The Kier molecular flexibility index (Phi) is 5.61. The van der Waals surface area contributed by atoms with Gasteiger partial charge in [-0.25, -0.2) is 0 Å². The van der Waals surface area contributed by atoms with E-state index < -0.39 is 11.9 Å². The molecule has 168 valence electrons. The van der Waals surface area contributed by atoms with Crippen LogP contribution in [0, 0.1) is 22.7 Å². The molecule has 3 aliphatic rings. The number of likely N-dealkylation sites (tertiary alicyclic amines) is 1. The van der Waals surface area contributed by atoms with E-state index in [1.54, 1.807) is 24.3 Å². The number of carbonyl (C=O) groups is 3. The second-order valence-corrected chi connectivity index (χ2v) is 11.1. The van der Waals surface area contributed by atoms with Crippen molar-refractivity contribution < 1.29 is 19.5 Å². The van der Waals surface area contributed by atoms with Crippen LogP contribution < -0.4 is 5.32 Å². The van der Waals surface area contributed by atoms with E-state index in [1.165, 1.54) is 0 Å². The molecule has 1 aliphatic heterocycles. The van der Waals surface area contributed by atoms with E-state index >= 15 is 0 Å². The number of aliphatic carboxylic acids is 1. The van der Waals surface area contributed by atoms with Gasteiger partial charge in [0, 0.05) is 29.8 Å². The Bertz CT molecular complexity index is 878. The van der Waals surface area contributed by atoms with Gasteiger partial charge in [-0.3, -0.25) is 14.4 Å². The molecule has 2 saturated carbocycles. The van der Waals surface area contributed by atoms with Crippen molar-refractivity contribution in [3.63, 3.8) is 0 Å². The molecule has 0 aromatic heterocycles. The lowest BCUT2D eigenvalue weighted by Crippen LogP contribution is -2.37. The molecular formula is C25H34N2O4. The lowest BCUT2D eigenvalue weighted by molar-refractivity contribution is -0.143. The molecule has 2 bridgehead atoms. The number of amides is 2. The third-order valence-corrected chi connectivity index (χ3v) is 7.47. The Morgan fingerprint density at radius 3 is 2.39 bits per heavy atom. The van der Waals surface area contributed by atoms with Gasteiger partial charge in [0.25, 0.3) is 5.91 Å². The molecule has 4 atom stereocenters. The molecule has 6 nitrogen and oxygen atoms in total. The zero-order chi connectivity index (χ0) is 22.4. The lowest BCUT2D eigenvalue weighted by atomic mass is 9.65. The smallest absolute Gasteiger partial charge is 0.306 e. The Morgan fingerprint density at radius 2 is 1.71 bits per heavy atom. The van der Waals surface area contributed by atoms with Gasteiger partial charge in [-0.2, -0.15) is 0 Å². The monoisotopic (exact) mass is 426 g/mol. The van der Waals surface area contributed by atoms with Crippen LogP contribution in [0.1, 0.15) is 76.1 Å². The van der Waals surface area contributed by atoms with E-state index in [-0.39, 0.29) is 28.6 Å². The number of rotatable bonds is 4. The fourth-order valence-electron chi connectivity index (χ4n) is 6.46. The maximum absolute atomic E-state index is 13.2. The molecule has 0 radical (unpaired) electrons. The first kappa shape index (κ1) is 21.8. The topological polar surface area (TPSA) is 86.7 Å². The first-order chi connectivity index (χ1) is 14.6. The van der Waals surface area contributed by atoms with Crippen LogP contribution in [0.15, 0.2) is 24.3 Å². The van der Waals surface area contributed by atoms with Gasteiger partial charge in [0.05, 0.1) is 5.92 Å². The van der Waals surface area contributed by atoms with E-state index in [0.29, 0.717) is 30.1 Å². The number of hydrogen-bond acceptors (Lipinski definition) is 3. The van der Waals surface area contributed by atoms with Crippen LogP contribution in [0.4, 0.5) is 5.69 Å². The van der Waals surface area contributed by atoms with Gasteiger partial charge < -0.3 is 15.3 Å². The van der Waals surface area contributed by atoms with Gasteiger partial charge in [-0.05, 0) is 73.6 Å². The molecule has 31 heavy (non-hydrogen) atoms. The zero-order valence-corrected chi connectivity index (χ0v) is 18.8. The first-order valence-electron chi connectivity index (χ1n) is 11.5. The number of anilines is 1. The highest BCUT2D eigenvalue weighted by Gasteiger charge is 2.51. The van der Waals surface area contributed by atoms with Crippen LogP contribution in [0.25, 0.3) is 0 Å². The standard InChI is InChI=1S/C25H34N2O4/c1-24(2)12-20-13-25(3,14-24)15-27(20)22(29)16-7-9-19(10-8-16)26-21(28)17-5-4-6-18(11-17)23(30)31/h7-10,17-18,20H,4-6,11-15H2,1-3H3,(H,26,28)(H,30,31). The van der Waals surface area contributed by atoms with Gasteiger partial charge in [0.2, 0.25) is 5.91 Å². The number of hydrogen-bond donors (Lipinski definition) is 2. The van der Waals surface area contributed by atoms with E-state index in [0.717, 1.165) is 38.6 Å². The van der Waals surface area contributed by atoms with Crippen molar-refractivity contribution in [2.24, 2.45) is 22.7 Å². The number of carboxylic acid groups (broad SMARTS) is 1. The summed E-state index contributed by atoms with van der Waals surface area (Å²) in [6.07, 6.45) is 5.78. The maximum Gasteiger partial charge on any atom is 0.306 e. The van der Waals surface area contributed by atoms with Crippen molar-refractivity contribution in [1.29, 1.82) is 0 Å². The number of carbonyl (C=O) groups excluding carboxylic acids is 2. The summed E-state index contributed by atoms with van der Waals surface area (Å²) < 4.78 is 0. The number of benzene rings is 1. The lowest BCUT2D eigenvalue weighted by Gasteiger charge is -2.39. The fourth-order valence-corrected chi connectivity index (χ4v) is 6.46. The number of nitrogens with one attached hydrogen (secondary N) is 1. The van der Waals surface area contributed by atoms with Crippen molar-refractivity contribution in [2.45, 2.75) is 71.8 Å². The minimum atomic E-state index is -0.816. The molecule has 1 aromatic carbocycles. The molecule has 2 N–H and O–H groups in total. The van der Waals surface area contributed by atoms with Gasteiger partial charge in [0.1, 0.15) is 0 Å². The van der Waals surface area contributed by atoms with Gasteiger partial charge in [-0.15, -0.1) is 0 Å². The van der Waals surface area contributed by atoms with Crippen LogP contribution in [-0.4, -0.2) is 40.4 Å². The van der Waals surface area contributed by atoms with E-state index in [4.69, 9.17) is 0 Å². The Labute approximate surface area is 184 Å². The average molecular weight is 427 g/mol. The van der Waals surface area contributed by atoms with Crippen LogP contribution >= 0.6 is 0 Å². The summed E-state index contributed by atoms with van der Waals surface area (Å²) in [5.41, 5.74) is 1.76. The minimum Gasteiger partial charge on any atom is -0.481 e. The third-order valence-electron chi connectivity index (χ3n) is 7.47. The third kappa shape index (κ3) is 4.63. The second-order valence-electron chi connectivity index (χ2n) is 11.1. The van der Waals surface area contributed by atoms with Crippen LogP contribution in [-0.2, 0) is 9.59 Å². The number of carboxylic acids is 1. The predicted molar refractivity (Wildman–Crippen MR) is 119 cm³/mol. The molecule has 2 amide bonds. The summed E-state index contributed by atoms with van der Waals surface area (Å²) in [4.78, 5) is 39.1. The molecule has 4 unspecified atom stereocenters. The van der Waals surface area contributed by atoms with Crippen molar-refractivity contribution in [2.75, 3.05) is 11.9 Å². The largest absolute Gasteiger partial charge is 0.481 e. The summed E-state index contributed by atoms with van der Waals surface area (Å²) in [5.74, 6) is -1.58. The summed E-state index contributed by atoms with van der Waals surface area (Å²) >= 11 is 0. The quantitative estimate of drug-likeness (QED) is 0.739. The first-order valence-corrected chi connectivity index (χ1v) is 11.5. The highest BCUT2D eigenvalue weighted by Crippen LogP contribution is 2.52. The highest BCUT2D eigenvalue weighted by molar-refractivity contribution is 5.96. The molecule has 1 saturated heterocycles. The van der Waals surface area contributed by atoms with E-state index in [1.807, 2.05) is 0 Å². The van der Waals surface area contributed by atoms with Crippen LogP contribution in [0.2, 0.25) is 0 Å². The van der Waals surface area contributed by atoms with Crippen LogP contribution in [0.5, 0.6) is 0 Å². The zero-order valence-electron chi connectivity index (χ0n) is 18.8. The van der Waals surface area contributed by atoms with Gasteiger partial charge >= 0.3 is 5.97 Å². The molecule has 2 aliphatic carbocycles. The van der Waals surface area contributed by atoms with Gasteiger partial charge in [-0.1, -0.05) is 27.2 Å². The number of nitrogens with zero attached hydrogens (tertiary/aromatic N) is 1. The molecule has 1 heterocycles. The second kappa shape index (κ2) is 7.95. The Morgan fingerprint density at radius 1 is 1.03 bits per heavy atom. The number of fused-ring (bicyclic) bond motifs is 2. The normalized spacial score (nSPS) is 31.8. The molecule has 6 heteroatoms. The summed E-state index contributed by atoms with van der Waals surface area (Å²) in [6.45, 7) is 7.71. The van der Waals surface area contributed by atoms with Gasteiger partial charge in [0.15, 0.2) is 0 Å². The van der Waals surface area contributed by atoms with E-state index in [9.17, 15) is 19.5 Å². The van der Waals surface area contributed by atoms with Crippen molar-refractivity contribution in [3.05, 3.63) is 29.8 Å². The molecule has 3 fully saturated rings. The summed E-state index contributed by atoms with van der Waals surface area (Å²) in [7, 11) is 0. The molecule has 4 rings (SSSR count). The molecular weight excluding hydrogens is 392 g/mol.